The molecule has 1 rings (SSSR count). The van der Waals surface area contributed by atoms with Crippen LogP contribution in [0.4, 0.5) is 0 Å². The van der Waals surface area contributed by atoms with Gasteiger partial charge in [0.1, 0.15) is 0 Å². The van der Waals surface area contributed by atoms with Crippen LogP contribution >= 0.6 is 11.8 Å². The van der Waals surface area contributed by atoms with Gasteiger partial charge in [-0.2, -0.15) is 8.42 Å². The first-order chi connectivity index (χ1) is 6.05. The second-order valence-corrected chi connectivity index (χ2v) is 4.13. The third-order valence-corrected chi connectivity index (χ3v) is 2.83. The van der Waals surface area contributed by atoms with Crippen LogP contribution < -0.4 is 4.84 Å². The van der Waals surface area contributed by atoms with Gasteiger partial charge in [0.2, 0.25) is 0 Å². The number of halogens is 1. The molecule has 0 spiro atoms. The largest absolute Gasteiger partial charge is 0.286 e. The molecular formula is C7H8ClNO3S. The van der Waals surface area contributed by atoms with Crippen LogP contribution in [0.3, 0.4) is 0 Å². The third kappa shape index (κ3) is 2.67. The van der Waals surface area contributed by atoms with Crippen molar-refractivity contribution >= 4 is 21.9 Å². The molecule has 0 aliphatic rings. The second kappa shape index (κ2) is 4.06. The minimum absolute atomic E-state index is 0.389. The molecule has 0 radical (unpaired) electrons. The quantitative estimate of drug-likeness (QED) is 0.597. The van der Waals surface area contributed by atoms with E-state index >= 15 is 0 Å². The number of hydrogen-bond donors (Lipinski definition) is 2. The lowest BCUT2D eigenvalue weighted by Crippen LogP contribution is -2.21. The van der Waals surface area contributed by atoms with Gasteiger partial charge < -0.3 is 0 Å². The Hall–Kier alpha value is -0.620. The highest BCUT2D eigenvalue weighted by molar-refractivity contribution is 7.86. The first-order valence-corrected chi connectivity index (χ1v) is 5.31. The highest BCUT2D eigenvalue weighted by Crippen LogP contribution is 2.18. The molecule has 1 aromatic rings. The van der Waals surface area contributed by atoms with Crippen molar-refractivity contribution in [3.8, 4) is 0 Å². The van der Waals surface area contributed by atoms with Crippen molar-refractivity contribution in [1.29, 1.82) is 0 Å². The van der Waals surface area contributed by atoms with Crippen molar-refractivity contribution in [2.45, 2.75) is 5.37 Å². The maximum absolute atomic E-state index is 10.8. The van der Waals surface area contributed by atoms with Crippen LogP contribution in [0.25, 0.3) is 0 Å². The maximum atomic E-state index is 10.8. The average Bonchev–Trinajstić information content (AvgIpc) is 2.05. The summed E-state index contributed by atoms with van der Waals surface area (Å²) < 4.78 is 30.3. The van der Waals surface area contributed by atoms with Crippen LogP contribution in [0, 0.1) is 0 Å². The van der Waals surface area contributed by atoms with E-state index in [0.29, 0.717) is 5.56 Å². The van der Waals surface area contributed by atoms with E-state index in [1.807, 2.05) is 4.84 Å². The molecule has 0 aliphatic carbocycles. The van der Waals surface area contributed by atoms with Crippen molar-refractivity contribution in [3.63, 3.8) is 0 Å². The lowest BCUT2D eigenvalue weighted by atomic mass is 10.2. The molecule has 0 aromatic heterocycles. The lowest BCUT2D eigenvalue weighted by Gasteiger charge is -2.10. The summed E-state index contributed by atoms with van der Waals surface area (Å²) in [5, 5.41) is -1.28. The van der Waals surface area contributed by atoms with E-state index < -0.39 is 15.5 Å². The fourth-order valence-corrected chi connectivity index (χ4v) is 2.00. The molecule has 1 atom stereocenters. The fourth-order valence-electron chi connectivity index (χ4n) is 0.919. The summed E-state index contributed by atoms with van der Waals surface area (Å²) in [6.45, 7) is 0. The minimum atomic E-state index is -4.21. The van der Waals surface area contributed by atoms with E-state index in [9.17, 15) is 8.42 Å². The van der Waals surface area contributed by atoms with Crippen LogP contribution in [0.2, 0.25) is 0 Å². The predicted molar refractivity (Wildman–Crippen MR) is 49.7 cm³/mol. The summed E-state index contributed by atoms with van der Waals surface area (Å²) in [7, 11) is -4.21. The lowest BCUT2D eigenvalue weighted by molar-refractivity contribution is 0.466. The molecule has 4 nitrogen and oxygen atoms in total. The molecule has 6 heteroatoms. The molecule has 13 heavy (non-hydrogen) atoms. The van der Waals surface area contributed by atoms with E-state index in [2.05, 4.69) is 0 Å². The summed E-state index contributed by atoms with van der Waals surface area (Å²) in [6.07, 6.45) is 0. The van der Waals surface area contributed by atoms with Gasteiger partial charge in [0.25, 0.3) is 10.1 Å². The summed E-state index contributed by atoms with van der Waals surface area (Å²) in [5.74, 6) is 0. The van der Waals surface area contributed by atoms with E-state index in [-0.39, 0.29) is 0 Å². The van der Waals surface area contributed by atoms with E-state index in [1.54, 1.807) is 30.3 Å². The Morgan fingerprint density at radius 2 is 1.85 bits per heavy atom. The van der Waals surface area contributed by atoms with E-state index in [4.69, 9.17) is 16.3 Å². The number of benzene rings is 1. The van der Waals surface area contributed by atoms with Gasteiger partial charge in [-0.1, -0.05) is 30.3 Å². The van der Waals surface area contributed by atoms with Gasteiger partial charge in [-0.05, 0) is 17.3 Å². The Labute approximate surface area is 81.4 Å². The van der Waals surface area contributed by atoms with Gasteiger partial charge in [0, 0.05) is 0 Å². The summed E-state index contributed by atoms with van der Waals surface area (Å²) in [4.78, 5) is 1.99. The molecule has 1 aromatic carbocycles. The molecule has 0 bridgehead atoms. The molecule has 2 N–H and O–H groups in total. The smallest absolute Gasteiger partial charge is 0.284 e. The first kappa shape index (κ1) is 10.5. The van der Waals surface area contributed by atoms with Crippen molar-refractivity contribution < 1.29 is 13.0 Å². The van der Waals surface area contributed by atoms with Gasteiger partial charge in [0.15, 0.2) is 5.37 Å². The summed E-state index contributed by atoms with van der Waals surface area (Å²) >= 11 is 5.20. The van der Waals surface area contributed by atoms with Crippen LogP contribution in [0.1, 0.15) is 10.9 Å². The average molecular weight is 222 g/mol. The topological polar surface area (TPSA) is 66.4 Å². The van der Waals surface area contributed by atoms with Gasteiger partial charge in [0.05, 0.1) is 0 Å². The highest BCUT2D eigenvalue weighted by atomic mass is 35.5. The van der Waals surface area contributed by atoms with Crippen molar-refractivity contribution in [1.82, 2.24) is 4.84 Å². The van der Waals surface area contributed by atoms with Crippen LogP contribution in [0.5, 0.6) is 0 Å². The first-order valence-electron chi connectivity index (χ1n) is 3.43. The van der Waals surface area contributed by atoms with Crippen LogP contribution in [0.15, 0.2) is 30.3 Å². The van der Waals surface area contributed by atoms with Crippen molar-refractivity contribution in [2.24, 2.45) is 0 Å². The van der Waals surface area contributed by atoms with E-state index in [1.165, 1.54) is 0 Å². The maximum Gasteiger partial charge on any atom is 0.286 e. The predicted octanol–water partition coefficient (Wildman–Crippen LogP) is 1.32. The van der Waals surface area contributed by atoms with Gasteiger partial charge in [-0.3, -0.25) is 4.55 Å². The molecule has 0 saturated carbocycles. The SMILES string of the molecule is O=S(=O)(O)C(NCl)c1ccccc1. The van der Waals surface area contributed by atoms with Gasteiger partial charge in [-0.25, -0.2) is 4.84 Å². The Kier molecular flexibility index (Phi) is 3.27. The number of nitrogens with one attached hydrogen (secondary N) is 1. The minimum Gasteiger partial charge on any atom is -0.284 e. The molecule has 0 amide bonds. The highest BCUT2D eigenvalue weighted by Gasteiger charge is 2.23. The second-order valence-electron chi connectivity index (χ2n) is 2.41. The summed E-state index contributed by atoms with van der Waals surface area (Å²) in [6, 6.07) is 8.14. The van der Waals surface area contributed by atoms with Crippen LogP contribution in [-0.4, -0.2) is 13.0 Å². The number of rotatable bonds is 3. The molecule has 0 saturated heterocycles. The number of hydrogen-bond acceptors (Lipinski definition) is 3. The Balaban J connectivity index is 3.06. The zero-order valence-corrected chi connectivity index (χ0v) is 8.09. The zero-order valence-electron chi connectivity index (χ0n) is 6.51. The van der Waals surface area contributed by atoms with E-state index in [0.717, 1.165) is 0 Å². The Morgan fingerprint density at radius 3 is 2.23 bits per heavy atom. The van der Waals surface area contributed by atoms with Crippen LogP contribution in [-0.2, 0) is 10.1 Å². The molecular weight excluding hydrogens is 214 g/mol. The van der Waals surface area contributed by atoms with Crippen molar-refractivity contribution in [3.05, 3.63) is 35.9 Å². The van der Waals surface area contributed by atoms with Gasteiger partial charge >= 0.3 is 0 Å². The monoisotopic (exact) mass is 221 g/mol. The molecule has 0 fully saturated rings. The van der Waals surface area contributed by atoms with Crippen molar-refractivity contribution in [2.75, 3.05) is 0 Å². The Morgan fingerprint density at radius 1 is 1.31 bits per heavy atom. The zero-order chi connectivity index (χ0) is 9.90. The van der Waals surface area contributed by atoms with Gasteiger partial charge in [-0.15, -0.1) is 0 Å². The molecule has 0 aliphatic heterocycles. The molecule has 72 valence electrons. The third-order valence-electron chi connectivity index (χ3n) is 1.50. The Bertz CT molecular complexity index is 365. The fraction of sp³-hybridized carbons (Fsp3) is 0.143. The molecule has 1 unspecified atom stereocenters. The standard InChI is InChI=1S/C7H8ClNO3S/c8-9-7(13(10,11)12)6-4-2-1-3-5-6/h1-5,7,9H,(H,10,11,12). The molecule has 0 heterocycles. The summed E-state index contributed by atoms with van der Waals surface area (Å²) in [5.41, 5.74) is 0.389. The normalized spacial score (nSPS) is 14.0.